The van der Waals surface area contributed by atoms with Crippen LogP contribution in [-0.2, 0) is 23.9 Å². The van der Waals surface area contributed by atoms with Gasteiger partial charge in [0, 0.05) is 25.0 Å². The Kier molecular flexibility index (Phi) is 6.32. The molecule has 1 fully saturated rings. The van der Waals surface area contributed by atoms with Crippen LogP contribution >= 0.6 is 0 Å². The zero-order valence-corrected chi connectivity index (χ0v) is 20.7. The van der Waals surface area contributed by atoms with Crippen LogP contribution in [0.15, 0.2) is 78.9 Å². The van der Waals surface area contributed by atoms with Crippen molar-refractivity contribution in [3.8, 4) is 0 Å². The molecule has 0 bridgehead atoms. The molecule has 3 aromatic carbocycles. The fraction of sp³-hybridized carbons (Fsp3) is 0.419. The summed E-state index contributed by atoms with van der Waals surface area (Å²) in [6, 6.07) is 29.9. The molecule has 168 valence electrons. The molecule has 0 saturated heterocycles. The molecule has 0 N–H and O–H groups in total. The molecular weight excluding hydrogens is 386 g/mol. The Bertz CT molecular complexity index is 948. The molecule has 0 unspecified atom stereocenters. The highest BCUT2D eigenvalue weighted by Crippen LogP contribution is 2.47. The fourth-order valence-corrected chi connectivity index (χ4v) is 4.60. The number of hydrogen-bond acceptors (Lipinski definition) is 1. The molecule has 32 heavy (non-hydrogen) atoms. The van der Waals surface area contributed by atoms with Crippen molar-refractivity contribution in [2.45, 2.75) is 83.8 Å². The lowest BCUT2D eigenvalue weighted by atomic mass is 9.79. The standard InChI is InChI=1S/C31H39N/c1-30(2,3)26-17-25(18-27(19-26)31(4,5)6)28-20-29(28)32(21-23-13-9-7-10-14-23)22-24-15-11-8-12-16-24/h7-19,28-29H,20-22H2,1-6H3/t28-,29+/m0/s1. The minimum absolute atomic E-state index is 0.161. The van der Waals surface area contributed by atoms with E-state index >= 15 is 0 Å². The zero-order chi connectivity index (χ0) is 22.9. The Labute approximate surface area is 195 Å². The van der Waals surface area contributed by atoms with E-state index < -0.39 is 0 Å². The molecule has 0 aliphatic heterocycles. The average molecular weight is 426 g/mol. The number of rotatable bonds is 6. The topological polar surface area (TPSA) is 3.24 Å². The Morgan fingerprint density at radius 2 is 1.09 bits per heavy atom. The molecule has 1 nitrogen and oxygen atoms in total. The monoisotopic (exact) mass is 425 g/mol. The summed E-state index contributed by atoms with van der Waals surface area (Å²) in [5.74, 6) is 0.617. The second kappa shape index (κ2) is 8.87. The lowest BCUT2D eigenvalue weighted by Crippen LogP contribution is -2.26. The summed E-state index contributed by atoms with van der Waals surface area (Å²) in [6.07, 6.45) is 1.25. The van der Waals surface area contributed by atoms with Crippen molar-refractivity contribution in [1.82, 2.24) is 4.90 Å². The van der Waals surface area contributed by atoms with Gasteiger partial charge in [-0.2, -0.15) is 0 Å². The van der Waals surface area contributed by atoms with Gasteiger partial charge in [-0.15, -0.1) is 0 Å². The molecule has 4 rings (SSSR count). The first-order valence-electron chi connectivity index (χ1n) is 12.1. The van der Waals surface area contributed by atoms with Gasteiger partial charge in [0.2, 0.25) is 0 Å². The van der Waals surface area contributed by atoms with Crippen molar-refractivity contribution < 1.29 is 0 Å². The lowest BCUT2D eigenvalue weighted by Gasteiger charge is -2.27. The van der Waals surface area contributed by atoms with Gasteiger partial charge in [0.25, 0.3) is 0 Å². The SMILES string of the molecule is CC(C)(C)c1cc([C@@H]2C[C@H]2N(Cc2ccccc2)Cc2ccccc2)cc(C(C)(C)C)c1. The van der Waals surface area contributed by atoms with Crippen molar-refractivity contribution in [2.24, 2.45) is 0 Å². The highest BCUT2D eigenvalue weighted by molar-refractivity contribution is 5.41. The molecule has 0 aromatic heterocycles. The van der Waals surface area contributed by atoms with E-state index in [1.54, 1.807) is 0 Å². The van der Waals surface area contributed by atoms with Crippen LogP contribution in [0.2, 0.25) is 0 Å². The van der Waals surface area contributed by atoms with Gasteiger partial charge in [0.05, 0.1) is 0 Å². The van der Waals surface area contributed by atoms with Crippen molar-refractivity contribution >= 4 is 0 Å². The van der Waals surface area contributed by atoms with Gasteiger partial charge >= 0.3 is 0 Å². The normalized spacial score (nSPS) is 18.7. The minimum Gasteiger partial charge on any atom is -0.291 e. The van der Waals surface area contributed by atoms with E-state index in [4.69, 9.17) is 0 Å². The molecular formula is C31H39N. The number of nitrogens with zero attached hydrogens (tertiary/aromatic N) is 1. The van der Waals surface area contributed by atoms with Crippen LogP contribution in [0.4, 0.5) is 0 Å². The van der Waals surface area contributed by atoms with Crippen LogP contribution in [0.5, 0.6) is 0 Å². The molecule has 0 heterocycles. The third kappa shape index (κ3) is 5.51. The highest BCUT2D eigenvalue weighted by atomic mass is 15.2. The summed E-state index contributed by atoms with van der Waals surface area (Å²) in [6.45, 7) is 16.0. The van der Waals surface area contributed by atoms with Crippen molar-refractivity contribution in [3.63, 3.8) is 0 Å². The van der Waals surface area contributed by atoms with Crippen LogP contribution < -0.4 is 0 Å². The van der Waals surface area contributed by atoms with E-state index in [0.29, 0.717) is 12.0 Å². The predicted octanol–water partition coefficient (Wildman–Crippen LogP) is 7.84. The maximum Gasteiger partial charge on any atom is 0.0240 e. The molecule has 1 heteroatoms. The Morgan fingerprint density at radius 3 is 1.50 bits per heavy atom. The van der Waals surface area contributed by atoms with Crippen molar-refractivity contribution in [3.05, 3.63) is 107 Å². The molecule has 1 aliphatic rings. The molecule has 1 aliphatic carbocycles. The van der Waals surface area contributed by atoms with E-state index in [9.17, 15) is 0 Å². The number of benzene rings is 3. The quantitative estimate of drug-likeness (QED) is 0.389. The molecule has 1 saturated carbocycles. The van der Waals surface area contributed by atoms with E-state index in [1.807, 2.05) is 0 Å². The second-order valence-electron chi connectivity index (χ2n) is 11.6. The molecule has 2 atom stereocenters. The number of hydrogen-bond donors (Lipinski definition) is 0. The molecule has 0 spiro atoms. The summed E-state index contributed by atoms with van der Waals surface area (Å²) in [4.78, 5) is 2.69. The van der Waals surface area contributed by atoms with Gasteiger partial charge in [0.1, 0.15) is 0 Å². The molecule has 0 radical (unpaired) electrons. The van der Waals surface area contributed by atoms with Gasteiger partial charge < -0.3 is 0 Å². The summed E-state index contributed by atoms with van der Waals surface area (Å²) in [5, 5.41) is 0. The van der Waals surface area contributed by atoms with E-state index in [0.717, 1.165) is 13.1 Å². The first-order valence-corrected chi connectivity index (χ1v) is 12.1. The molecule has 3 aromatic rings. The maximum atomic E-state index is 2.69. The smallest absolute Gasteiger partial charge is 0.0240 e. The van der Waals surface area contributed by atoms with Gasteiger partial charge in [-0.05, 0) is 45.1 Å². The largest absolute Gasteiger partial charge is 0.291 e. The average Bonchev–Trinajstić information content (AvgIpc) is 3.54. The van der Waals surface area contributed by atoms with E-state index in [-0.39, 0.29) is 10.8 Å². The summed E-state index contributed by atoms with van der Waals surface area (Å²) in [7, 11) is 0. The summed E-state index contributed by atoms with van der Waals surface area (Å²) in [5.41, 5.74) is 7.56. The Morgan fingerprint density at radius 1 is 0.656 bits per heavy atom. The van der Waals surface area contributed by atoms with Gasteiger partial charge in [-0.25, -0.2) is 0 Å². The molecule has 0 amide bonds. The van der Waals surface area contributed by atoms with Crippen LogP contribution in [0, 0.1) is 0 Å². The Balaban J connectivity index is 1.63. The van der Waals surface area contributed by atoms with Crippen molar-refractivity contribution in [2.75, 3.05) is 0 Å². The van der Waals surface area contributed by atoms with Crippen molar-refractivity contribution in [1.29, 1.82) is 0 Å². The van der Waals surface area contributed by atoms with E-state index in [2.05, 4.69) is 125 Å². The predicted molar refractivity (Wildman–Crippen MR) is 137 cm³/mol. The summed E-state index contributed by atoms with van der Waals surface area (Å²) >= 11 is 0. The van der Waals surface area contributed by atoms with Crippen LogP contribution in [0.1, 0.15) is 81.7 Å². The third-order valence-corrected chi connectivity index (χ3v) is 6.80. The Hall–Kier alpha value is -2.38. The first-order chi connectivity index (χ1) is 15.1. The van der Waals surface area contributed by atoms with Crippen LogP contribution in [0.25, 0.3) is 0 Å². The maximum absolute atomic E-state index is 2.69. The van der Waals surface area contributed by atoms with Crippen LogP contribution in [-0.4, -0.2) is 10.9 Å². The minimum atomic E-state index is 0.161. The van der Waals surface area contributed by atoms with Crippen LogP contribution in [0.3, 0.4) is 0 Å². The van der Waals surface area contributed by atoms with Gasteiger partial charge in [-0.3, -0.25) is 4.90 Å². The lowest BCUT2D eigenvalue weighted by molar-refractivity contribution is 0.241. The van der Waals surface area contributed by atoms with Gasteiger partial charge in [0.15, 0.2) is 0 Å². The summed E-state index contributed by atoms with van der Waals surface area (Å²) < 4.78 is 0. The first kappa shape index (κ1) is 22.8. The van der Waals surface area contributed by atoms with Gasteiger partial charge in [-0.1, -0.05) is 120 Å². The zero-order valence-electron chi connectivity index (χ0n) is 20.7. The van der Waals surface area contributed by atoms with E-state index in [1.165, 1.54) is 34.2 Å². The highest BCUT2D eigenvalue weighted by Gasteiger charge is 2.43. The second-order valence-corrected chi connectivity index (χ2v) is 11.6. The third-order valence-electron chi connectivity index (χ3n) is 6.80. The fourth-order valence-electron chi connectivity index (χ4n) is 4.60.